The molecule has 6 heteroatoms. The number of nitrogens with two attached hydrogens (primary N) is 1. The highest BCUT2D eigenvalue weighted by Gasteiger charge is 2.12. The number of nitro benzene ring substituents is 1. The van der Waals surface area contributed by atoms with Gasteiger partial charge in [-0.15, -0.1) is 0 Å². The Kier molecular flexibility index (Phi) is 3.35. The summed E-state index contributed by atoms with van der Waals surface area (Å²) in [5, 5.41) is 18.9. The molecule has 0 amide bonds. The summed E-state index contributed by atoms with van der Waals surface area (Å²) in [6, 6.07) is 1.90. The lowest BCUT2D eigenvalue weighted by molar-refractivity contribution is -0.385. The number of anilines is 1. The fraction of sp³-hybridized carbons (Fsp3) is 0.111. The van der Waals surface area contributed by atoms with Crippen molar-refractivity contribution in [2.45, 2.75) is 0 Å². The maximum Gasteiger partial charge on any atom is 0.273 e. The van der Waals surface area contributed by atoms with E-state index in [-0.39, 0.29) is 23.5 Å². The van der Waals surface area contributed by atoms with Gasteiger partial charge < -0.3 is 10.8 Å². The topological polar surface area (TPSA) is 89.4 Å². The van der Waals surface area contributed by atoms with E-state index in [9.17, 15) is 14.5 Å². The summed E-state index contributed by atoms with van der Waals surface area (Å²) in [4.78, 5) is 9.71. The van der Waals surface area contributed by atoms with Gasteiger partial charge in [0.15, 0.2) is 5.82 Å². The molecule has 3 N–H and O–H groups in total. The molecule has 0 aliphatic carbocycles. The highest BCUT2D eigenvalue weighted by Crippen LogP contribution is 2.24. The Balaban J connectivity index is 3.24. The van der Waals surface area contributed by atoms with Crippen LogP contribution < -0.4 is 5.73 Å². The second-order valence-electron chi connectivity index (χ2n) is 2.77. The highest BCUT2D eigenvalue weighted by molar-refractivity contribution is 5.67. The van der Waals surface area contributed by atoms with Gasteiger partial charge in [-0.3, -0.25) is 10.1 Å². The summed E-state index contributed by atoms with van der Waals surface area (Å²) in [6.07, 6.45) is 2.64. The van der Waals surface area contributed by atoms with Crippen LogP contribution in [0.5, 0.6) is 0 Å². The predicted molar refractivity (Wildman–Crippen MR) is 53.6 cm³/mol. The number of benzene rings is 1. The SMILES string of the molecule is Nc1c(F)cc([N+](=O)[O-])cc1C=CCO. The fourth-order valence-corrected chi connectivity index (χ4v) is 1.05. The normalized spacial score (nSPS) is 10.8. The van der Waals surface area contributed by atoms with E-state index in [0.29, 0.717) is 0 Å². The van der Waals surface area contributed by atoms with Crippen molar-refractivity contribution in [2.75, 3.05) is 12.3 Å². The van der Waals surface area contributed by atoms with Crippen molar-refractivity contribution in [3.63, 3.8) is 0 Å². The van der Waals surface area contributed by atoms with Crippen molar-refractivity contribution < 1.29 is 14.4 Å². The first-order valence-corrected chi connectivity index (χ1v) is 4.07. The number of halogens is 1. The molecular formula is C9H9FN2O3. The van der Waals surface area contributed by atoms with Crippen LogP contribution in [0.3, 0.4) is 0 Å². The molecule has 1 rings (SSSR count). The van der Waals surface area contributed by atoms with Crippen molar-refractivity contribution in [2.24, 2.45) is 0 Å². The molecule has 0 aromatic heterocycles. The van der Waals surface area contributed by atoms with Crippen LogP contribution in [0.15, 0.2) is 18.2 Å². The zero-order valence-corrected chi connectivity index (χ0v) is 7.68. The summed E-state index contributed by atoms with van der Waals surface area (Å²) in [6.45, 7) is -0.246. The molecule has 0 aliphatic heterocycles. The van der Waals surface area contributed by atoms with Crippen LogP contribution in [0, 0.1) is 15.9 Å². The van der Waals surface area contributed by atoms with E-state index < -0.39 is 10.7 Å². The van der Waals surface area contributed by atoms with Crippen LogP contribution in [-0.4, -0.2) is 16.6 Å². The zero-order chi connectivity index (χ0) is 11.4. The summed E-state index contributed by atoms with van der Waals surface area (Å²) in [5.74, 6) is -0.846. The average molecular weight is 212 g/mol. The minimum Gasteiger partial charge on any atom is -0.396 e. The van der Waals surface area contributed by atoms with E-state index in [2.05, 4.69) is 0 Å². The maximum absolute atomic E-state index is 13.1. The van der Waals surface area contributed by atoms with Crippen molar-refractivity contribution in [1.82, 2.24) is 0 Å². The van der Waals surface area contributed by atoms with E-state index in [4.69, 9.17) is 10.8 Å². The zero-order valence-electron chi connectivity index (χ0n) is 7.68. The average Bonchev–Trinajstić information content (AvgIpc) is 2.19. The number of nitro groups is 1. The van der Waals surface area contributed by atoms with E-state index >= 15 is 0 Å². The number of rotatable bonds is 3. The van der Waals surface area contributed by atoms with Crippen molar-refractivity contribution in [3.05, 3.63) is 39.7 Å². The number of hydrogen-bond donors (Lipinski definition) is 2. The molecule has 1 aromatic carbocycles. The lowest BCUT2D eigenvalue weighted by Gasteiger charge is -2.01. The van der Waals surface area contributed by atoms with Crippen LogP contribution >= 0.6 is 0 Å². The number of nitrogen functional groups attached to an aromatic ring is 1. The van der Waals surface area contributed by atoms with Gasteiger partial charge in [0.2, 0.25) is 0 Å². The fourth-order valence-electron chi connectivity index (χ4n) is 1.05. The van der Waals surface area contributed by atoms with Gasteiger partial charge in [-0.05, 0) is 0 Å². The van der Waals surface area contributed by atoms with Crippen LogP contribution in [0.1, 0.15) is 5.56 Å². The second-order valence-corrected chi connectivity index (χ2v) is 2.77. The molecule has 80 valence electrons. The molecule has 15 heavy (non-hydrogen) atoms. The predicted octanol–water partition coefficient (Wildman–Crippen LogP) is 1.32. The number of aliphatic hydroxyl groups is 1. The van der Waals surface area contributed by atoms with Crippen LogP contribution in [-0.2, 0) is 0 Å². The first-order valence-electron chi connectivity index (χ1n) is 4.07. The summed E-state index contributed by atoms with van der Waals surface area (Å²) in [5.41, 5.74) is 4.99. The summed E-state index contributed by atoms with van der Waals surface area (Å²) >= 11 is 0. The molecule has 0 fully saturated rings. The first kappa shape index (κ1) is 11.1. The number of aliphatic hydroxyl groups excluding tert-OH is 1. The molecule has 0 unspecified atom stereocenters. The lowest BCUT2D eigenvalue weighted by atomic mass is 10.1. The minimum absolute atomic E-state index is 0.176. The number of hydrogen-bond acceptors (Lipinski definition) is 4. The third-order valence-corrected chi connectivity index (χ3v) is 1.76. The summed E-state index contributed by atoms with van der Waals surface area (Å²) < 4.78 is 13.1. The molecule has 0 radical (unpaired) electrons. The Morgan fingerprint density at radius 3 is 2.80 bits per heavy atom. The number of non-ortho nitro benzene ring substituents is 1. The Morgan fingerprint density at radius 2 is 2.27 bits per heavy atom. The molecule has 1 aromatic rings. The molecule has 0 bridgehead atoms. The molecule has 0 heterocycles. The Bertz CT molecular complexity index is 418. The third-order valence-electron chi connectivity index (χ3n) is 1.76. The van der Waals surface area contributed by atoms with Crippen molar-refractivity contribution >= 4 is 17.5 Å². The van der Waals surface area contributed by atoms with Crippen LogP contribution in [0.25, 0.3) is 6.08 Å². The van der Waals surface area contributed by atoms with E-state index in [0.717, 1.165) is 12.1 Å². The van der Waals surface area contributed by atoms with Gasteiger partial charge in [-0.1, -0.05) is 12.2 Å². The van der Waals surface area contributed by atoms with Gasteiger partial charge >= 0.3 is 0 Å². The van der Waals surface area contributed by atoms with Gasteiger partial charge in [0.25, 0.3) is 5.69 Å². The Labute approximate surface area is 84.8 Å². The first-order chi connectivity index (χ1) is 7.06. The smallest absolute Gasteiger partial charge is 0.273 e. The standard InChI is InChI=1S/C9H9FN2O3/c10-8-5-7(12(14)15)4-6(9(8)11)2-1-3-13/h1-2,4-5,13H,3,11H2. The van der Waals surface area contributed by atoms with Crippen molar-refractivity contribution in [3.8, 4) is 0 Å². The van der Waals surface area contributed by atoms with Crippen molar-refractivity contribution in [1.29, 1.82) is 0 Å². The van der Waals surface area contributed by atoms with Gasteiger partial charge in [-0.2, -0.15) is 0 Å². The highest BCUT2D eigenvalue weighted by atomic mass is 19.1. The molecular weight excluding hydrogens is 203 g/mol. The van der Waals surface area contributed by atoms with Gasteiger partial charge in [-0.25, -0.2) is 4.39 Å². The molecule has 0 aliphatic rings. The Hall–Kier alpha value is -1.95. The minimum atomic E-state index is -0.846. The van der Waals surface area contributed by atoms with Crippen LogP contribution in [0.2, 0.25) is 0 Å². The number of nitrogens with zero attached hydrogens (tertiary/aromatic N) is 1. The quantitative estimate of drug-likeness (QED) is 0.449. The van der Waals surface area contributed by atoms with E-state index in [1.807, 2.05) is 0 Å². The van der Waals surface area contributed by atoms with Gasteiger partial charge in [0.05, 0.1) is 23.3 Å². The summed E-state index contributed by atoms with van der Waals surface area (Å²) in [7, 11) is 0. The second kappa shape index (κ2) is 4.52. The van der Waals surface area contributed by atoms with E-state index in [1.54, 1.807) is 0 Å². The molecule has 5 nitrogen and oxygen atoms in total. The molecule has 0 saturated heterocycles. The van der Waals surface area contributed by atoms with Gasteiger partial charge in [0, 0.05) is 11.6 Å². The van der Waals surface area contributed by atoms with Crippen LogP contribution in [0.4, 0.5) is 15.8 Å². The third kappa shape index (κ3) is 2.50. The van der Waals surface area contributed by atoms with Gasteiger partial charge in [0.1, 0.15) is 0 Å². The lowest BCUT2D eigenvalue weighted by Crippen LogP contribution is -1.97. The van der Waals surface area contributed by atoms with E-state index in [1.165, 1.54) is 12.2 Å². The monoisotopic (exact) mass is 212 g/mol. The Morgan fingerprint density at radius 1 is 1.60 bits per heavy atom. The molecule has 0 atom stereocenters. The molecule has 0 saturated carbocycles. The largest absolute Gasteiger partial charge is 0.396 e. The molecule has 0 spiro atoms. The maximum atomic E-state index is 13.1.